The van der Waals surface area contributed by atoms with Crippen LogP contribution in [-0.2, 0) is 0 Å². The molecule has 6 heteroatoms. The predicted octanol–water partition coefficient (Wildman–Crippen LogP) is 2.71. The molecule has 0 unspecified atom stereocenters. The Morgan fingerprint density at radius 2 is 2.19 bits per heavy atom. The van der Waals surface area contributed by atoms with Gasteiger partial charge in [0, 0.05) is 23.5 Å². The van der Waals surface area contributed by atoms with Crippen molar-refractivity contribution in [1.82, 2.24) is 14.9 Å². The van der Waals surface area contributed by atoms with Crippen LogP contribution in [0.1, 0.15) is 29.4 Å². The summed E-state index contributed by atoms with van der Waals surface area (Å²) in [5.41, 5.74) is 0.656. The van der Waals surface area contributed by atoms with Crippen LogP contribution in [0.25, 0.3) is 0 Å². The number of pyridine rings is 1. The van der Waals surface area contributed by atoms with Gasteiger partial charge in [0.25, 0.3) is 5.91 Å². The second kappa shape index (κ2) is 6.28. The third kappa shape index (κ3) is 3.25. The van der Waals surface area contributed by atoms with E-state index in [-0.39, 0.29) is 5.91 Å². The molecule has 1 amide bonds. The number of amides is 1. The topological polar surface area (TPSA) is 59.0 Å². The summed E-state index contributed by atoms with van der Waals surface area (Å²) in [6.45, 7) is 1.97. The second-order valence-electron chi connectivity index (χ2n) is 5.10. The number of hydrogen-bond acceptors (Lipinski definition) is 3. The Hall–Kier alpha value is -1.85. The minimum atomic E-state index is -0.159. The van der Waals surface area contributed by atoms with Crippen molar-refractivity contribution in [2.24, 2.45) is 0 Å². The zero-order valence-corrected chi connectivity index (χ0v) is 12.3. The zero-order chi connectivity index (χ0) is 14.7. The molecule has 1 aliphatic rings. The quantitative estimate of drug-likeness (QED) is 0.916. The fourth-order valence-corrected chi connectivity index (χ4v) is 2.80. The lowest BCUT2D eigenvalue weighted by Crippen LogP contribution is -2.31. The van der Waals surface area contributed by atoms with Gasteiger partial charge in [0.1, 0.15) is 11.5 Å². The molecule has 0 saturated carbocycles. The number of nitrogens with one attached hydrogen (secondary N) is 2. The maximum Gasteiger partial charge on any atom is 0.273 e. The van der Waals surface area contributed by atoms with Crippen LogP contribution in [-0.4, -0.2) is 28.5 Å². The van der Waals surface area contributed by atoms with Gasteiger partial charge in [-0.3, -0.25) is 4.79 Å². The van der Waals surface area contributed by atoms with Crippen molar-refractivity contribution in [3.8, 4) is 0 Å². The number of piperidine rings is 1. The van der Waals surface area contributed by atoms with E-state index in [0.717, 1.165) is 25.9 Å². The number of rotatable bonds is 3. The second-order valence-corrected chi connectivity index (χ2v) is 5.53. The fourth-order valence-electron chi connectivity index (χ4n) is 2.64. The van der Waals surface area contributed by atoms with Crippen LogP contribution in [0.5, 0.6) is 0 Å². The van der Waals surface area contributed by atoms with E-state index in [1.807, 2.05) is 18.3 Å². The summed E-state index contributed by atoms with van der Waals surface area (Å²) in [7, 11) is 0. The van der Waals surface area contributed by atoms with E-state index >= 15 is 0 Å². The highest BCUT2D eigenvalue weighted by Crippen LogP contribution is 2.22. The Morgan fingerprint density at radius 3 is 2.95 bits per heavy atom. The van der Waals surface area contributed by atoms with Crippen molar-refractivity contribution in [2.75, 3.05) is 18.4 Å². The number of carbonyl (C=O) groups is 1. The Kier molecular flexibility index (Phi) is 4.22. The van der Waals surface area contributed by atoms with Gasteiger partial charge in [-0.2, -0.15) is 0 Å². The molecule has 0 radical (unpaired) electrons. The molecule has 2 N–H and O–H groups in total. The lowest BCUT2D eigenvalue weighted by Gasteiger charge is -2.25. The molecule has 0 atom stereocenters. The van der Waals surface area contributed by atoms with Gasteiger partial charge in [0.05, 0.1) is 0 Å². The van der Waals surface area contributed by atoms with Crippen LogP contribution in [0.4, 0.5) is 5.82 Å². The van der Waals surface area contributed by atoms with E-state index < -0.39 is 0 Å². The van der Waals surface area contributed by atoms with E-state index in [1.54, 1.807) is 18.3 Å². The van der Waals surface area contributed by atoms with Crippen molar-refractivity contribution in [1.29, 1.82) is 0 Å². The highest BCUT2D eigenvalue weighted by atomic mass is 35.5. The molecule has 0 aromatic carbocycles. The Labute approximate surface area is 128 Å². The summed E-state index contributed by atoms with van der Waals surface area (Å²) in [4.78, 5) is 16.5. The minimum absolute atomic E-state index is 0.159. The first-order valence-corrected chi connectivity index (χ1v) is 7.42. The number of anilines is 1. The molecule has 1 fully saturated rings. The molecule has 0 bridgehead atoms. The fraction of sp³-hybridized carbons (Fsp3) is 0.333. The number of carbonyl (C=O) groups excluding carboxylic acids is 1. The molecule has 3 heterocycles. The Balaban J connectivity index is 1.77. The minimum Gasteiger partial charge on any atom is -0.340 e. The molecule has 0 aliphatic carbocycles. The predicted molar refractivity (Wildman–Crippen MR) is 82.8 cm³/mol. The van der Waals surface area contributed by atoms with Gasteiger partial charge in [0.2, 0.25) is 0 Å². The molecule has 5 nitrogen and oxygen atoms in total. The standard InChI is InChI=1S/C15H17ClN4O/c16-11-3-8-18-14(10-11)19-15(21)13-2-1-9-20(13)12-4-6-17-7-5-12/h1-3,8-10,12,17H,4-7H2,(H,18,19,21). The lowest BCUT2D eigenvalue weighted by molar-refractivity contribution is 0.101. The number of halogens is 1. The third-order valence-electron chi connectivity index (χ3n) is 3.68. The summed E-state index contributed by atoms with van der Waals surface area (Å²) in [6.07, 6.45) is 5.61. The van der Waals surface area contributed by atoms with Crippen molar-refractivity contribution in [3.05, 3.63) is 47.4 Å². The van der Waals surface area contributed by atoms with Crippen LogP contribution < -0.4 is 10.6 Å². The molecule has 21 heavy (non-hydrogen) atoms. The van der Waals surface area contributed by atoms with E-state index in [2.05, 4.69) is 20.2 Å². The van der Waals surface area contributed by atoms with Crippen LogP contribution in [0.2, 0.25) is 5.02 Å². The third-order valence-corrected chi connectivity index (χ3v) is 3.91. The highest BCUT2D eigenvalue weighted by Gasteiger charge is 2.20. The van der Waals surface area contributed by atoms with Gasteiger partial charge in [-0.15, -0.1) is 0 Å². The molecule has 3 rings (SSSR count). The zero-order valence-electron chi connectivity index (χ0n) is 11.6. The molecule has 1 aliphatic heterocycles. The molecule has 2 aromatic rings. The van der Waals surface area contributed by atoms with E-state index in [9.17, 15) is 4.79 Å². The summed E-state index contributed by atoms with van der Waals surface area (Å²) < 4.78 is 2.06. The summed E-state index contributed by atoms with van der Waals surface area (Å²) in [5, 5.41) is 6.68. The lowest BCUT2D eigenvalue weighted by atomic mass is 10.1. The van der Waals surface area contributed by atoms with Gasteiger partial charge in [-0.25, -0.2) is 4.98 Å². The van der Waals surface area contributed by atoms with Crippen LogP contribution in [0.15, 0.2) is 36.7 Å². The normalized spacial score (nSPS) is 15.9. The van der Waals surface area contributed by atoms with Crippen molar-refractivity contribution >= 4 is 23.3 Å². The average molecular weight is 305 g/mol. The number of aromatic nitrogens is 2. The summed E-state index contributed by atoms with van der Waals surface area (Å²) in [5.74, 6) is 0.305. The molecule has 1 saturated heterocycles. The van der Waals surface area contributed by atoms with E-state index in [4.69, 9.17) is 11.6 Å². The highest BCUT2D eigenvalue weighted by molar-refractivity contribution is 6.30. The van der Waals surface area contributed by atoms with Gasteiger partial charge in [0.15, 0.2) is 0 Å². The largest absolute Gasteiger partial charge is 0.340 e. The molecular formula is C15H17ClN4O. The van der Waals surface area contributed by atoms with Crippen LogP contribution in [0.3, 0.4) is 0 Å². The Bertz CT molecular complexity index is 634. The van der Waals surface area contributed by atoms with E-state index in [1.165, 1.54) is 0 Å². The smallest absolute Gasteiger partial charge is 0.273 e. The average Bonchev–Trinajstić information content (AvgIpc) is 2.98. The first-order chi connectivity index (χ1) is 10.2. The van der Waals surface area contributed by atoms with Crippen molar-refractivity contribution < 1.29 is 4.79 Å². The van der Waals surface area contributed by atoms with Crippen LogP contribution >= 0.6 is 11.6 Å². The first-order valence-electron chi connectivity index (χ1n) is 7.04. The molecular weight excluding hydrogens is 288 g/mol. The monoisotopic (exact) mass is 304 g/mol. The first kappa shape index (κ1) is 14.1. The molecule has 110 valence electrons. The van der Waals surface area contributed by atoms with Gasteiger partial charge in [-0.05, 0) is 50.2 Å². The molecule has 2 aromatic heterocycles. The van der Waals surface area contributed by atoms with Crippen molar-refractivity contribution in [2.45, 2.75) is 18.9 Å². The summed E-state index contributed by atoms with van der Waals surface area (Å²) in [6, 6.07) is 7.42. The van der Waals surface area contributed by atoms with Gasteiger partial charge < -0.3 is 15.2 Å². The van der Waals surface area contributed by atoms with Gasteiger partial charge >= 0.3 is 0 Å². The Morgan fingerprint density at radius 1 is 1.38 bits per heavy atom. The van der Waals surface area contributed by atoms with Gasteiger partial charge in [-0.1, -0.05) is 11.6 Å². The van der Waals surface area contributed by atoms with Crippen LogP contribution in [0, 0.1) is 0 Å². The molecule has 0 spiro atoms. The number of nitrogens with zero attached hydrogens (tertiary/aromatic N) is 2. The summed E-state index contributed by atoms with van der Waals surface area (Å²) >= 11 is 5.90. The van der Waals surface area contributed by atoms with Crippen molar-refractivity contribution in [3.63, 3.8) is 0 Å². The maximum atomic E-state index is 12.4. The van der Waals surface area contributed by atoms with E-state index in [0.29, 0.717) is 22.6 Å². The number of hydrogen-bond donors (Lipinski definition) is 2. The SMILES string of the molecule is O=C(Nc1cc(Cl)ccn1)c1cccn1C1CCNCC1. The maximum absolute atomic E-state index is 12.4.